The van der Waals surface area contributed by atoms with Gasteiger partial charge in [-0.25, -0.2) is 17.5 Å². The third-order valence-corrected chi connectivity index (χ3v) is 6.69. The van der Waals surface area contributed by atoms with Crippen molar-refractivity contribution in [2.24, 2.45) is 0 Å². The molecule has 32 heavy (non-hydrogen) atoms. The number of carbonyl (C=O) groups excluding carboxylic acids is 1. The van der Waals surface area contributed by atoms with E-state index in [0.717, 1.165) is 37.0 Å². The molecule has 0 aliphatic heterocycles. The van der Waals surface area contributed by atoms with Gasteiger partial charge >= 0.3 is 0 Å². The summed E-state index contributed by atoms with van der Waals surface area (Å²) < 4.78 is 45.9. The second-order valence-corrected chi connectivity index (χ2v) is 9.53. The maximum Gasteiger partial charge on any atom is 0.240 e. The third kappa shape index (κ3) is 8.24. The Kier molecular flexibility index (Phi) is 10.1. The van der Waals surface area contributed by atoms with Crippen LogP contribution in [0.2, 0.25) is 0 Å². The maximum atomic E-state index is 12.9. The number of amides is 1. The fraction of sp³-hybridized carbons (Fsp3) is 0.458. The zero-order valence-corrected chi connectivity index (χ0v) is 19.8. The van der Waals surface area contributed by atoms with E-state index in [4.69, 9.17) is 4.74 Å². The van der Waals surface area contributed by atoms with E-state index in [-0.39, 0.29) is 24.3 Å². The number of rotatable bonds is 7. The molecule has 8 heteroatoms. The molecule has 2 aromatic carbocycles. The Labute approximate surface area is 190 Å². The van der Waals surface area contributed by atoms with Crippen molar-refractivity contribution in [1.82, 2.24) is 10.0 Å². The molecule has 1 fully saturated rings. The van der Waals surface area contributed by atoms with Crippen LogP contribution in [0.3, 0.4) is 0 Å². The number of hydrogen-bond acceptors (Lipinski definition) is 4. The summed E-state index contributed by atoms with van der Waals surface area (Å²) in [5.74, 6) is 0.300. The van der Waals surface area contributed by atoms with Crippen molar-refractivity contribution in [3.63, 3.8) is 0 Å². The Balaban J connectivity index is 0.000000258. The number of hydrogen-bond donors (Lipinski definition) is 2. The normalized spacial score (nSPS) is 14.2. The summed E-state index contributed by atoms with van der Waals surface area (Å²) in [5, 5.41) is 2.52. The highest BCUT2D eigenvalue weighted by Gasteiger charge is 2.22. The Morgan fingerprint density at radius 3 is 2.41 bits per heavy atom. The second-order valence-electron chi connectivity index (χ2n) is 7.82. The lowest BCUT2D eigenvalue weighted by Crippen LogP contribution is -2.36. The molecule has 1 aliphatic carbocycles. The first-order valence-corrected chi connectivity index (χ1v) is 12.4. The minimum Gasteiger partial charge on any atom is -0.494 e. The summed E-state index contributed by atoms with van der Waals surface area (Å²) in [7, 11) is -3.42. The zero-order valence-electron chi connectivity index (χ0n) is 19.0. The summed E-state index contributed by atoms with van der Waals surface area (Å²) in [5.41, 5.74) is 1.35. The lowest BCUT2D eigenvalue weighted by Gasteiger charge is -2.22. The standard InChI is InChI=1S/C15H23NO3S.C9H10FNO/c1-3-19-15-10-9-14(11-12(15)2)20(17,18)16-13-7-5-4-6-8-13;1-7(12)11-6-8-4-2-3-5-9(8)10/h9-11,13,16H,3-8H2,1-2H3;2-5H,6H2,1H3,(H,11,12). The van der Waals surface area contributed by atoms with E-state index in [1.54, 1.807) is 36.4 Å². The molecule has 1 saturated carbocycles. The molecule has 0 unspecified atom stereocenters. The van der Waals surface area contributed by atoms with Crippen LogP contribution in [0.25, 0.3) is 0 Å². The minimum absolute atomic E-state index is 0.0839. The van der Waals surface area contributed by atoms with Gasteiger partial charge < -0.3 is 10.1 Å². The first-order chi connectivity index (χ1) is 15.2. The van der Waals surface area contributed by atoms with Gasteiger partial charge in [-0.15, -0.1) is 0 Å². The lowest BCUT2D eigenvalue weighted by atomic mass is 9.96. The predicted molar refractivity (Wildman–Crippen MR) is 123 cm³/mol. The van der Waals surface area contributed by atoms with Crippen LogP contribution in [0.1, 0.15) is 57.1 Å². The van der Waals surface area contributed by atoms with Crippen LogP contribution < -0.4 is 14.8 Å². The van der Waals surface area contributed by atoms with Gasteiger partial charge in [0, 0.05) is 25.1 Å². The van der Waals surface area contributed by atoms with Gasteiger partial charge in [-0.3, -0.25) is 4.79 Å². The summed E-state index contributed by atoms with van der Waals surface area (Å²) >= 11 is 0. The summed E-state index contributed by atoms with van der Waals surface area (Å²) in [6.45, 7) is 6.01. The summed E-state index contributed by atoms with van der Waals surface area (Å²) in [6.07, 6.45) is 5.30. The van der Waals surface area contributed by atoms with Crippen molar-refractivity contribution in [1.29, 1.82) is 0 Å². The SMILES string of the molecule is CC(=O)NCc1ccccc1F.CCOc1ccc(S(=O)(=O)NC2CCCCC2)cc1C. The highest BCUT2D eigenvalue weighted by Crippen LogP contribution is 2.24. The third-order valence-electron chi connectivity index (χ3n) is 5.17. The second kappa shape index (κ2) is 12.6. The van der Waals surface area contributed by atoms with E-state index in [1.807, 2.05) is 13.8 Å². The molecule has 6 nitrogen and oxygen atoms in total. The monoisotopic (exact) mass is 464 g/mol. The first-order valence-electron chi connectivity index (χ1n) is 11.0. The van der Waals surface area contributed by atoms with Crippen molar-refractivity contribution in [3.05, 3.63) is 59.4 Å². The largest absolute Gasteiger partial charge is 0.494 e. The number of benzene rings is 2. The average molecular weight is 465 g/mol. The molecule has 0 saturated heterocycles. The van der Waals surface area contributed by atoms with Gasteiger partial charge in [0.2, 0.25) is 15.9 Å². The Bertz CT molecular complexity index is 989. The first kappa shape index (κ1) is 25.8. The molecule has 0 bridgehead atoms. The van der Waals surface area contributed by atoms with Crippen LogP contribution in [-0.2, 0) is 21.4 Å². The highest BCUT2D eigenvalue weighted by molar-refractivity contribution is 7.89. The fourth-order valence-electron chi connectivity index (χ4n) is 3.48. The average Bonchev–Trinajstić information content (AvgIpc) is 2.75. The minimum atomic E-state index is -3.42. The molecule has 2 aromatic rings. The van der Waals surface area contributed by atoms with Gasteiger partial charge in [-0.2, -0.15) is 0 Å². The number of ether oxygens (including phenoxy) is 1. The molecule has 2 N–H and O–H groups in total. The summed E-state index contributed by atoms with van der Waals surface area (Å²) in [4.78, 5) is 10.8. The van der Waals surface area contributed by atoms with E-state index in [9.17, 15) is 17.6 Å². The van der Waals surface area contributed by atoms with Gasteiger partial charge in [-0.1, -0.05) is 37.5 Å². The number of halogens is 1. The number of sulfonamides is 1. The number of carbonyl (C=O) groups is 1. The van der Waals surface area contributed by atoms with Crippen LogP contribution in [0, 0.1) is 12.7 Å². The molecular weight excluding hydrogens is 431 g/mol. The molecule has 1 amide bonds. The molecule has 0 heterocycles. The Morgan fingerprint density at radius 1 is 1.12 bits per heavy atom. The van der Waals surface area contributed by atoms with Gasteiger partial charge in [0.25, 0.3) is 0 Å². The van der Waals surface area contributed by atoms with E-state index < -0.39 is 10.0 Å². The van der Waals surface area contributed by atoms with Crippen molar-refractivity contribution in [2.45, 2.75) is 70.4 Å². The Morgan fingerprint density at radius 2 is 1.81 bits per heavy atom. The molecule has 3 rings (SSSR count). The number of aryl methyl sites for hydroxylation is 1. The smallest absolute Gasteiger partial charge is 0.240 e. The summed E-state index contributed by atoms with van der Waals surface area (Å²) in [6, 6.07) is 11.5. The van der Waals surface area contributed by atoms with Crippen LogP contribution in [0.4, 0.5) is 4.39 Å². The van der Waals surface area contributed by atoms with E-state index in [0.29, 0.717) is 17.1 Å². The molecule has 1 aliphatic rings. The molecule has 176 valence electrons. The van der Waals surface area contributed by atoms with Crippen LogP contribution in [0.15, 0.2) is 47.4 Å². The fourth-order valence-corrected chi connectivity index (χ4v) is 4.87. The topological polar surface area (TPSA) is 84.5 Å². The molecule has 0 radical (unpaired) electrons. The van der Waals surface area contributed by atoms with Crippen molar-refractivity contribution >= 4 is 15.9 Å². The zero-order chi connectivity index (χ0) is 23.6. The van der Waals surface area contributed by atoms with Crippen LogP contribution in [0.5, 0.6) is 5.75 Å². The lowest BCUT2D eigenvalue weighted by molar-refractivity contribution is -0.119. The predicted octanol–water partition coefficient (Wildman–Crippen LogP) is 4.47. The molecule has 0 atom stereocenters. The molecular formula is C24H33FN2O4S. The van der Waals surface area contributed by atoms with Gasteiger partial charge in [-0.05, 0) is 56.5 Å². The molecule has 0 aromatic heterocycles. The van der Waals surface area contributed by atoms with Gasteiger partial charge in [0.05, 0.1) is 11.5 Å². The van der Waals surface area contributed by atoms with E-state index in [2.05, 4.69) is 10.0 Å². The van der Waals surface area contributed by atoms with Crippen LogP contribution in [-0.4, -0.2) is 27.0 Å². The van der Waals surface area contributed by atoms with Crippen LogP contribution >= 0.6 is 0 Å². The molecule has 0 spiro atoms. The highest BCUT2D eigenvalue weighted by atomic mass is 32.2. The van der Waals surface area contributed by atoms with Gasteiger partial charge in [0.15, 0.2) is 0 Å². The van der Waals surface area contributed by atoms with Crippen molar-refractivity contribution in [2.75, 3.05) is 6.61 Å². The Hall–Kier alpha value is -2.45. The van der Waals surface area contributed by atoms with Gasteiger partial charge in [0.1, 0.15) is 11.6 Å². The number of nitrogens with one attached hydrogen (secondary N) is 2. The maximum absolute atomic E-state index is 12.9. The van der Waals surface area contributed by atoms with Crippen molar-refractivity contribution in [3.8, 4) is 5.75 Å². The van der Waals surface area contributed by atoms with E-state index in [1.165, 1.54) is 19.4 Å². The van der Waals surface area contributed by atoms with E-state index >= 15 is 0 Å². The quantitative estimate of drug-likeness (QED) is 0.633. The van der Waals surface area contributed by atoms with Crippen molar-refractivity contribution < 1.29 is 22.3 Å².